The largest absolute Gasteiger partial charge is 0.365 e. The van der Waals surface area contributed by atoms with E-state index >= 15 is 0 Å². The molecular formula is C9H13NO. The standard InChI is InChI=1S/C9H13NO/c11-8-3-1-2-5-9-6-4-7-10-9/h4,6-8,10H,1-3,5H2. The Hall–Kier alpha value is -1.05. The number of carbonyl (C=O) groups excluding carboxylic acids is 1. The van der Waals surface area contributed by atoms with Gasteiger partial charge in [0.15, 0.2) is 0 Å². The summed E-state index contributed by atoms with van der Waals surface area (Å²) in [5, 5.41) is 0. The van der Waals surface area contributed by atoms with Crippen molar-refractivity contribution in [3.05, 3.63) is 24.0 Å². The van der Waals surface area contributed by atoms with E-state index in [1.807, 2.05) is 12.3 Å². The summed E-state index contributed by atoms with van der Waals surface area (Å²) in [5.41, 5.74) is 1.26. The second-order valence-corrected chi connectivity index (χ2v) is 2.61. The van der Waals surface area contributed by atoms with Crippen LogP contribution in [0.1, 0.15) is 25.0 Å². The van der Waals surface area contributed by atoms with E-state index in [0.29, 0.717) is 6.42 Å². The highest BCUT2D eigenvalue weighted by molar-refractivity contribution is 5.48. The first-order valence-electron chi connectivity index (χ1n) is 3.99. The lowest BCUT2D eigenvalue weighted by Crippen LogP contribution is -1.85. The molecular weight excluding hydrogens is 138 g/mol. The number of H-pyrrole nitrogens is 1. The SMILES string of the molecule is O=CCCCCc1ccc[nH]1. The number of carbonyl (C=O) groups is 1. The van der Waals surface area contributed by atoms with Crippen LogP contribution in [0.3, 0.4) is 0 Å². The molecule has 60 valence electrons. The van der Waals surface area contributed by atoms with Gasteiger partial charge in [-0.2, -0.15) is 0 Å². The summed E-state index contributed by atoms with van der Waals surface area (Å²) < 4.78 is 0. The van der Waals surface area contributed by atoms with E-state index in [4.69, 9.17) is 0 Å². The van der Waals surface area contributed by atoms with Crippen LogP contribution in [-0.4, -0.2) is 11.3 Å². The predicted octanol–water partition coefficient (Wildman–Crippen LogP) is 1.93. The van der Waals surface area contributed by atoms with Crippen LogP contribution in [0.2, 0.25) is 0 Å². The first-order valence-corrected chi connectivity index (χ1v) is 3.99. The van der Waals surface area contributed by atoms with Gasteiger partial charge in [0, 0.05) is 18.3 Å². The summed E-state index contributed by atoms with van der Waals surface area (Å²) in [7, 11) is 0. The molecule has 0 unspecified atom stereocenters. The van der Waals surface area contributed by atoms with Crippen LogP contribution in [0.5, 0.6) is 0 Å². The Bertz CT molecular complexity index is 191. The molecule has 0 amide bonds. The van der Waals surface area contributed by atoms with Gasteiger partial charge in [-0.15, -0.1) is 0 Å². The van der Waals surface area contributed by atoms with E-state index in [2.05, 4.69) is 11.1 Å². The molecule has 0 atom stereocenters. The fourth-order valence-electron chi connectivity index (χ4n) is 1.07. The van der Waals surface area contributed by atoms with Gasteiger partial charge in [0.25, 0.3) is 0 Å². The minimum atomic E-state index is 0.695. The van der Waals surface area contributed by atoms with Crippen molar-refractivity contribution in [2.45, 2.75) is 25.7 Å². The van der Waals surface area contributed by atoms with Gasteiger partial charge in [-0.1, -0.05) is 0 Å². The molecule has 0 aliphatic carbocycles. The number of aldehydes is 1. The van der Waals surface area contributed by atoms with Gasteiger partial charge in [0.1, 0.15) is 6.29 Å². The van der Waals surface area contributed by atoms with Crippen LogP contribution in [-0.2, 0) is 11.2 Å². The minimum absolute atomic E-state index is 0.695. The number of aromatic nitrogens is 1. The van der Waals surface area contributed by atoms with E-state index in [1.165, 1.54) is 5.69 Å². The Morgan fingerprint density at radius 1 is 1.45 bits per heavy atom. The number of unbranched alkanes of at least 4 members (excludes halogenated alkanes) is 2. The van der Waals surface area contributed by atoms with Crippen molar-refractivity contribution in [3.8, 4) is 0 Å². The van der Waals surface area contributed by atoms with Crippen LogP contribution >= 0.6 is 0 Å². The monoisotopic (exact) mass is 151 g/mol. The van der Waals surface area contributed by atoms with Crippen LogP contribution < -0.4 is 0 Å². The Morgan fingerprint density at radius 2 is 2.36 bits per heavy atom. The van der Waals surface area contributed by atoms with E-state index in [9.17, 15) is 4.79 Å². The summed E-state index contributed by atoms with van der Waals surface area (Å²) in [4.78, 5) is 13.1. The lowest BCUT2D eigenvalue weighted by Gasteiger charge is -1.94. The molecule has 0 aliphatic rings. The highest BCUT2D eigenvalue weighted by Crippen LogP contribution is 2.02. The molecule has 2 heteroatoms. The van der Waals surface area contributed by atoms with Gasteiger partial charge in [-0.3, -0.25) is 0 Å². The molecule has 0 saturated heterocycles. The molecule has 1 heterocycles. The van der Waals surface area contributed by atoms with E-state index in [0.717, 1.165) is 25.5 Å². The average molecular weight is 151 g/mol. The molecule has 0 radical (unpaired) electrons. The van der Waals surface area contributed by atoms with Crippen LogP contribution in [0.4, 0.5) is 0 Å². The Morgan fingerprint density at radius 3 is 3.00 bits per heavy atom. The molecule has 0 saturated carbocycles. The third-order valence-electron chi connectivity index (χ3n) is 1.68. The van der Waals surface area contributed by atoms with Gasteiger partial charge in [-0.05, 0) is 31.4 Å². The summed E-state index contributed by atoms with van der Waals surface area (Å²) in [6.45, 7) is 0. The summed E-state index contributed by atoms with van der Waals surface area (Å²) in [6.07, 6.45) is 6.76. The van der Waals surface area contributed by atoms with E-state index in [1.54, 1.807) is 0 Å². The second kappa shape index (κ2) is 4.72. The molecule has 0 bridgehead atoms. The zero-order chi connectivity index (χ0) is 7.94. The second-order valence-electron chi connectivity index (χ2n) is 2.61. The van der Waals surface area contributed by atoms with Crippen LogP contribution in [0, 0.1) is 0 Å². The summed E-state index contributed by atoms with van der Waals surface area (Å²) in [5.74, 6) is 0. The van der Waals surface area contributed by atoms with Crippen molar-refractivity contribution in [2.24, 2.45) is 0 Å². The molecule has 1 aromatic heterocycles. The van der Waals surface area contributed by atoms with Gasteiger partial charge < -0.3 is 9.78 Å². The highest BCUT2D eigenvalue weighted by Gasteiger charge is 1.91. The van der Waals surface area contributed by atoms with Crippen LogP contribution in [0.25, 0.3) is 0 Å². The maximum absolute atomic E-state index is 9.96. The van der Waals surface area contributed by atoms with Gasteiger partial charge >= 0.3 is 0 Å². The summed E-state index contributed by atoms with van der Waals surface area (Å²) in [6, 6.07) is 4.07. The van der Waals surface area contributed by atoms with Crippen molar-refractivity contribution in [2.75, 3.05) is 0 Å². The van der Waals surface area contributed by atoms with Crippen molar-refractivity contribution in [1.82, 2.24) is 4.98 Å². The lowest BCUT2D eigenvalue weighted by molar-refractivity contribution is -0.107. The lowest BCUT2D eigenvalue weighted by atomic mass is 10.2. The van der Waals surface area contributed by atoms with Crippen LogP contribution in [0.15, 0.2) is 18.3 Å². The number of hydrogen-bond acceptors (Lipinski definition) is 1. The Kier molecular flexibility index (Phi) is 3.45. The molecule has 0 aromatic carbocycles. The fourth-order valence-corrected chi connectivity index (χ4v) is 1.07. The molecule has 0 fully saturated rings. The van der Waals surface area contributed by atoms with Crippen molar-refractivity contribution in [1.29, 1.82) is 0 Å². The first-order chi connectivity index (χ1) is 5.43. The number of nitrogens with one attached hydrogen (secondary N) is 1. The normalized spacial score (nSPS) is 9.82. The minimum Gasteiger partial charge on any atom is -0.365 e. The zero-order valence-electron chi connectivity index (χ0n) is 6.55. The predicted molar refractivity (Wildman–Crippen MR) is 44.4 cm³/mol. The molecule has 2 nitrogen and oxygen atoms in total. The smallest absolute Gasteiger partial charge is 0.119 e. The number of hydrogen-bond donors (Lipinski definition) is 1. The third-order valence-corrected chi connectivity index (χ3v) is 1.68. The highest BCUT2D eigenvalue weighted by atomic mass is 16.1. The average Bonchev–Trinajstić information content (AvgIpc) is 2.50. The van der Waals surface area contributed by atoms with E-state index < -0.39 is 0 Å². The van der Waals surface area contributed by atoms with Crippen molar-refractivity contribution < 1.29 is 4.79 Å². The van der Waals surface area contributed by atoms with Crippen molar-refractivity contribution >= 4 is 6.29 Å². The summed E-state index contributed by atoms with van der Waals surface area (Å²) >= 11 is 0. The third kappa shape index (κ3) is 3.03. The molecule has 1 aromatic rings. The molecule has 1 rings (SSSR count). The molecule has 0 spiro atoms. The molecule has 11 heavy (non-hydrogen) atoms. The number of aromatic amines is 1. The maximum Gasteiger partial charge on any atom is 0.119 e. The van der Waals surface area contributed by atoms with Crippen molar-refractivity contribution in [3.63, 3.8) is 0 Å². The Balaban J connectivity index is 2.09. The van der Waals surface area contributed by atoms with E-state index in [-0.39, 0.29) is 0 Å². The zero-order valence-corrected chi connectivity index (χ0v) is 6.55. The first kappa shape index (κ1) is 8.05. The number of rotatable bonds is 5. The van der Waals surface area contributed by atoms with Gasteiger partial charge in [-0.25, -0.2) is 0 Å². The topological polar surface area (TPSA) is 32.9 Å². The fraction of sp³-hybridized carbons (Fsp3) is 0.444. The maximum atomic E-state index is 9.96. The van der Waals surface area contributed by atoms with Gasteiger partial charge in [0.2, 0.25) is 0 Å². The molecule has 1 N–H and O–H groups in total. The van der Waals surface area contributed by atoms with Gasteiger partial charge in [0.05, 0.1) is 0 Å². The molecule has 0 aliphatic heterocycles. The quantitative estimate of drug-likeness (QED) is 0.506. The Labute approximate surface area is 66.6 Å². The number of aryl methyl sites for hydroxylation is 1.